The van der Waals surface area contributed by atoms with Crippen LogP contribution in [-0.4, -0.2) is 31.0 Å². The van der Waals surface area contributed by atoms with Crippen molar-refractivity contribution >= 4 is 0 Å². The fraction of sp³-hybridized carbons (Fsp3) is 0.636. The van der Waals surface area contributed by atoms with Crippen LogP contribution in [0.15, 0.2) is 23.0 Å². The van der Waals surface area contributed by atoms with Crippen molar-refractivity contribution < 1.29 is 19.0 Å². The molecule has 0 aromatic carbocycles. The summed E-state index contributed by atoms with van der Waals surface area (Å²) in [5.41, 5.74) is 0.237. The summed E-state index contributed by atoms with van der Waals surface area (Å²) in [6.45, 7) is 1.26. The van der Waals surface area contributed by atoms with Gasteiger partial charge < -0.3 is 19.0 Å². The number of aliphatic hydroxyl groups is 1. The number of furan rings is 1. The van der Waals surface area contributed by atoms with E-state index in [0.717, 1.165) is 5.56 Å². The molecule has 1 saturated heterocycles. The Balaban J connectivity index is 2.18. The monoisotopic (exact) mass is 212 g/mol. The van der Waals surface area contributed by atoms with Crippen molar-refractivity contribution in [1.29, 1.82) is 0 Å². The van der Waals surface area contributed by atoms with E-state index in [4.69, 9.17) is 13.9 Å². The second-order valence-electron chi connectivity index (χ2n) is 3.84. The van der Waals surface area contributed by atoms with Crippen molar-refractivity contribution in [3.05, 3.63) is 24.2 Å². The maximum absolute atomic E-state index is 10.2. The van der Waals surface area contributed by atoms with Crippen LogP contribution in [-0.2, 0) is 9.47 Å². The first-order chi connectivity index (χ1) is 7.28. The van der Waals surface area contributed by atoms with Gasteiger partial charge in [0.25, 0.3) is 0 Å². The Hall–Kier alpha value is -0.840. The van der Waals surface area contributed by atoms with Gasteiger partial charge in [0.2, 0.25) is 0 Å². The Morgan fingerprint density at radius 1 is 1.47 bits per heavy atom. The molecule has 1 fully saturated rings. The minimum Gasteiger partial charge on any atom is -0.472 e. The van der Waals surface area contributed by atoms with Gasteiger partial charge in [-0.25, -0.2) is 0 Å². The molecule has 4 heteroatoms. The Morgan fingerprint density at radius 3 is 2.73 bits per heavy atom. The molecule has 2 rings (SSSR count). The minimum atomic E-state index is -0.648. The summed E-state index contributed by atoms with van der Waals surface area (Å²) < 4.78 is 15.7. The highest BCUT2D eigenvalue weighted by Gasteiger charge is 2.40. The third kappa shape index (κ3) is 1.93. The van der Waals surface area contributed by atoms with Gasteiger partial charge in [0.05, 0.1) is 12.5 Å². The third-order valence-electron chi connectivity index (χ3n) is 3.10. The topological polar surface area (TPSA) is 51.8 Å². The van der Waals surface area contributed by atoms with E-state index in [9.17, 15) is 5.11 Å². The van der Waals surface area contributed by atoms with E-state index in [2.05, 4.69) is 0 Å². The van der Waals surface area contributed by atoms with Crippen LogP contribution in [0.2, 0.25) is 0 Å². The van der Waals surface area contributed by atoms with Crippen molar-refractivity contribution in [1.82, 2.24) is 0 Å². The fourth-order valence-electron chi connectivity index (χ4n) is 2.04. The molecule has 1 aliphatic rings. The highest BCUT2D eigenvalue weighted by molar-refractivity contribution is 5.14. The molecule has 0 amide bonds. The number of aliphatic hydroxyl groups excluding tert-OH is 1. The molecule has 84 valence electrons. The zero-order valence-corrected chi connectivity index (χ0v) is 8.81. The minimum absolute atomic E-state index is 0.526. The van der Waals surface area contributed by atoms with Crippen molar-refractivity contribution in [3.63, 3.8) is 0 Å². The molecule has 4 nitrogen and oxygen atoms in total. The first kappa shape index (κ1) is 10.7. The summed E-state index contributed by atoms with van der Waals surface area (Å²) in [6.07, 6.45) is 3.87. The zero-order chi connectivity index (χ0) is 10.7. The summed E-state index contributed by atoms with van der Waals surface area (Å²) in [5, 5.41) is 10.2. The Bertz CT molecular complexity index is 288. The maximum Gasteiger partial charge on any atom is 0.111 e. The normalized spacial score (nSPS) is 22.5. The van der Waals surface area contributed by atoms with Gasteiger partial charge in [-0.05, 0) is 6.07 Å². The first-order valence-corrected chi connectivity index (χ1v) is 5.11. The molecule has 0 radical (unpaired) electrons. The van der Waals surface area contributed by atoms with Crippen LogP contribution < -0.4 is 0 Å². The molecular weight excluding hydrogens is 196 g/mol. The van der Waals surface area contributed by atoms with Gasteiger partial charge in [0.1, 0.15) is 11.7 Å². The summed E-state index contributed by atoms with van der Waals surface area (Å²) >= 11 is 0. The van der Waals surface area contributed by atoms with Crippen molar-refractivity contribution in [3.8, 4) is 0 Å². The van der Waals surface area contributed by atoms with E-state index in [1.165, 1.54) is 0 Å². The Kier molecular flexibility index (Phi) is 3.09. The molecule has 0 saturated carbocycles. The molecular formula is C11H16O4. The van der Waals surface area contributed by atoms with Crippen LogP contribution in [0.5, 0.6) is 0 Å². The lowest BCUT2D eigenvalue weighted by molar-refractivity contribution is -0.154. The van der Waals surface area contributed by atoms with Gasteiger partial charge in [-0.3, -0.25) is 0 Å². The van der Waals surface area contributed by atoms with Gasteiger partial charge in [-0.1, -0.05) is 0 Å². The van der Waals surface area contributed by atoms with Gasteiger partial charge >= 0.3 is 0 Å². The molecule has 1 aliphatic heterocycles. The average molecular weight is 212 g/mol. The SMILES string of the molecule is COC1(C(O)c2ccoc2)CCOCC1. The molecule has 1 aromatic heterocycles. The van der Waals surface area contributed by atoms with Crippen molar-refractivity contribution in [2.24, 2.45) is 0 Å². The predicted octanol–water partition coefficient (Wildman–Crippen LogP) is 1.51. The molecule has 0 spiro atoms. The molecule has 1 atom stereocenters. The second kappa shape index (κ2) is 4.35. The van der Waals surface area contributed by atoms with Gasteiger partial charge in [0.15, 0.2) is 0 Å². The molecule has 0 bridgehead atoms. The number of ether oxygens (including phenoxy) is 2. The van der Waals surface area contributed by atoms with E-state index < -0.39 is 11.7 Å². The molecule has 1 N–H and O–H groups in total. The van der Waals surface area contributed by atoms with Crippen molar-refractivity contribution in [2.75, 3.05) is 20.3 Å². The van der Waals surface area contributed by atoms with Crippen LogP contribution in [0, 0.1) is 0 Å². The largest absolute Gasteiger partial charge is 0.472 e. The van der Waals surface area contributed by atoms with Crippen LogP contribution in [0.3, 0.4) is 0 Å². The summed E-state index contributed by atoms with van der Waals surface area (Å²) in [5.74, 6) is 0. The standard InChI is InChI=1S/C11H16O4/c1-13-11(3-6-14-7-4-11)10(12)9-2-5-15-8-9/h2,5,8,10,12H,3-4,6-7H2,1H3. The average Bonchev–Trinajstić information content (AvgIpc) is 2.82. The first-order valence-electron chi connectivity index (χ1n) is 5.11. The molecule has 1 aromatic rings. The van der Waals surface area contributed by atoms with E-state index in [0.29, 0.717) is 26.1 Å². The van der Waals surface area contributed by atoms with Crippen LogP contribution >= 0.6 is 0 Å². The number of hydrogen-bond acceptors (Lipinski definition) is 4. The summed E-state index contributed by atoms with van der Waals surface area (Å²) in [6, 6.07) is 1.76. The fourth-order valence-corrected chi connectivity index (χ4v) is 2.04. The molecule has 1 unspecified atom stereocenters. The van der Waals surface area contributed by atoms with Crippen LogP contribution in [0.25, 0.3) is 0 Å². The molecule has 15 heavy (non-hydrogen) atoms. The maximum atomic E-state index is 10.2. The third-order valence-corrected chi connectivity index (χ3v) is 3.10. The van der Waals surface area contributed by atoms with Crippen LogP contribution in [0.1, 0.15) is 24.5 Å². The smallest absolute Gasteiger partial charge is 0.111 e. The molecule has 2 heterocycles. The summed E-state index contributed by atoms with van der Waals surface area (Å²) in [7, 11) is 1.63. The van der Waals surface area contributed by atoms with Gasteiger partial charge in [-0.15, -0.1) is 0 Å². The Labute approximate surface area is 88.8 Å². The highest BCUT2D eigenvalue weighted by atomic mass is 16.5. The quantitative estimate of drug-likeness (QED) is 0.825. The molecule has 0 aliphatic carbocycles. The number of hydrogen-bond donors (Lipinski definition) is 1. The number of methoxy groups -OCH3 is 1. The lowest BCUT2D eigenvalue weighted by Gasteiger charge is -2.39. The van der Waals surface area contributed by atoms with E-state index >= 15 is 0 Å². The van der Waals surface area contributed by atoms with E-state index in [-0.39, 0.29) is 0 Å². The van der Waals surface area contributed by atoms with E-state index in [1.807, 2.05) is 0 Å². The number of rotatable bonds is 3. The van der Waals surface area contributed by atoms with E-state index in [1.54, 1.807) is 25.7 Å². The van der Waals surface area contributed by atoms with Gasteiger partial charge in [-0.2, -0.15) is 0 Å². The lowest BCUT2D eigenvalue weighted by Crippen LogP contribution is -2.43. The summed E-state index contributed by atoms with van der Waals surface area (Å²) in [4.78, 5) is 0. The zero-order valence-electron chi connectivity index (χ0n) is 8.81. The van der Waals surface area contributed by atoms with Gasteiger partial charge in [0, 0.05) is 38.7 Å². The van der Waals surface area contributed by atoms with Crippen molar-refractivity contribution in [2.45, 2.75) is 24.5 Å². The Morgan fingerprint density at radius 2 is 2.20 bits per heavy atom. The predicted molar refractivity (Wildman–Crippen MR) is 53.5 cm³/mol. The second-order valence-corrected chi connectivity index (χ2v) is 3.84. The highest BCUT2D eigenvalue weighted by Crippen LogP contribution is 2.37. The lowest BCUT2D eigenvalue weighted by atomic mass is 9.85. The van der Waals surface area contributed by atoms with Crippen LogP contribution in [0.4, 0.5) is 0 Å².